The first-order valence-corrected chi connectivity index (χ1v) is 6.87. The van der Waals surface area contributed by atoms with Crippen molar-refractivity contribution in [3.63, 3.8) is 0 Å². The van der Waals surface area contributed by atoms with E-state index in [0.717, 1.165) is 25.7 Å². The number of aryl methyl sites for hydroxylation is 1. The molecule has 0 amide bonds. The summed E-state index contributed by atoms with van der Waals surface area (Å²) in [5.41, 5.74) is 1.31. The van der Waals surface area contributed by atoms with Gasteiger partial charge in [0.05, 0.1) is 6.10 Å². The molecule has 0 aliphatic heterocycles. The number of hydrogen-bond acceptors (Lipinski definition) is 3. The molecule has 0 unspecified atom stereocenters. The lowest BCUT2D eigenvalue weighted by Crippen LogP contribution is -2.20. The largest absolute Gasteiger partial charge is 0.457 e. The van der Waals surface area contributed by atoms with E-state index in [2.05, 4.69) is 12.1 Å². The Kier molecular flexibility index (Phi) is 6.86. The lowest BCUT2D eigenvalue weighted by atomic mass is 10.1. The van der Waals surface area contributed by atoms with E-state index in [0.29, 0.717) is 6.42 Å². The van der Waals surface area contributed by atoms with Crippen LogP contribution in [-0.2, 0) is 20.7 Å². The van der Waals surface area contributed by atoms with Gasteiger partial charge in [-0.25, -0.2) is 4.79 Å². The minimum atomic E-state index is -0.696. The molecule has 0 aliphatic rings. The highest BCUT2D eigenvalue weighted by Gasteiger charge is 2.15. The van der Waals surface area contributed by atoms with E-state index >= 15 is 0 Å². The average Bonchev–Trinajstić information content (AvgIpc) is 2.38. The van der Waals surface area contributed by atoms with Crippen molar-refractivity contribution in [2.45, 2.75) is 52.1 Å². The molecule has 0 bridgehead atoms. The second-order valence-electron chi connectivity index (χ2n) is 4.92. The molecule has 104 valence electrons. The highest BCUT2D eigenvalue weighted by Crippen LogP contribution is 2.08. The SMILES string of the molecule is CC(C)OC(=O)C(=O)CCCCCc1ccccc1. The first kappa shape index (κ1) is 15.4. The smallest absolute Gasteiger partial charge is 0.374 e. The molecule has 0 aliphatic carbocycles. The summed E-state index contributed by atoms with van der Waals surface area (Å²) in [5.74, 6) is -1.11. The zero-order valence-corrected chi connectivity index (χ0v) is 11.7. The highest BCUT2D eigenvalue weighted by atomic mass is 16.5. The molecular formula is C16H22O3. The topological polar surface area (TPSA) is 43.4 Å². The van der Waals surface area contributed by atoms with Crippen LogP contribution in [0, 0.1) is 0 Å². The standard InChI is InChI=1S/C16H22O3/c1-13(2)19-16(18)15(17)12-8-4-7-11-14-9-5-3-6-10-14/h3,5-6,9-10,13H,4,7-8,11-12H2,1-2H3. The van der Waals surface area contributed by atoms with Crippen LogP contribution in [0.2, 0.25) is 0 Å². The van der Waals surface area contributed by atoms with E-state index in [1.54, 1.807) is 13.8 Å². The summed E-state index contributed by atoms with van der Waals surface area (Å²) in [6.45, 7) is 3.48. The van der Waals surface area contributed by atoms with Gasteiger partial charge in [0.2, 0.25) is 5.78 Å². The highest BCUT2D eigenvalue weighted by molar-refractivity contribution is 6.33. The van der Waals surface area contributed by atoms with Crippen molar-refractivity contribution < 1.29 is 14.3 Å². The summed E-state index contributed by atoms with van der Waals surface area (Å²) < 4.78 is 4.85. The van der Waals surface area contributed by atoms with Crippen LogP contribution in [0.5, 0.6) is 0 Å². The van der Waals surface area contributed by atoms with Gasteiger partial charge in [-0.3, -0.25) is 4.79 Å². The average molecular weight is 262 g/mol. The Labute approximate surface area is 115 Å². The third-order valence-corrected chi connectivity index (χ3v) is 2.78. The normalized spacial score (nSPS) is 10.5. The molecule has 0 N–H and O–H groups in total. The molecule has 0 fully saturated rings. The first-order valence-electron chi connectivity index (χ1n) is 6.87. The Bertz CT molecular complexity index is 396. The number of carbonyl (C=O) groups is 2. The van der Waals surface area contributed by atoms with Crippen LogP contribution >= 0.6 is 0 Å². The van der Waals surface area contributed by atoms with Gasteiger partial charge in [0, 0.05) is 6.42 Å². The predicted octanol–water partition coefficient (Wildman–Crippen LogP) is 3.31. The van der Waals surface area contributed by atoms with Crippen LogP contribution in [0.15, 0.2) is 30.3 Å². The number of unbranched alkanes of at least 4 members (excludes halogenated alkanes) is 2. The number of rotatable bonds is 8. The van der Waals surface area contributed by atoms with Crippen LogP contribution in [0.3, 0.4) is 0 Å². The number of ether oxygens (including phenoxy) is 1. The van der Waals surface area contributed by atoms with Gasteiger partial charge in [-0.2, -0.15) is 0 Å². The lowest BCUT2D eigenvalue weighted by Gasteiger charge is -2.06. The molecule has 0 aromatic heterocycles. The Morgan fingerprint density at radius 3 is 2.37 bits per heavy atom. The third kappa shape index (κ3) is 6.75. The zero-order valence-electron chi connectivity index (χ0n) is 11.7. The molecule has 0 saturated heterocycles. The second-order valence-corrected chi connectivity index (χ2v) is 4.92. The van der Waals surface area contributed by atoms with Crippen LogP contribution in [0.4, 0.5) is 0 Å². The van der Waals surface area contributed by atoms with E-state index < -0.39 is 11.8 Å². The summed E-state index contributed by atoms with van der Waals surface area (Å²) in [7, 11) is 0. The van der Waals surface area contributed by atoms with Gasteiger partial charge in [0.15, 0.2) is 0 Å². The molecular weight excluding hydrogens is 240 g/mol. The zero-order chi connectivity index (χ0) is 14.1. The van der Waals surface area contributed by atoms with Crippen molar-refractivity contribution in [3.8, 4) is 0 Å². The minimum absolute atomic E-state index is 0.227. The van der Waals surface area contributed by atoms with Crippen LogP contribution in [0.1, 0.15) is 45.1 Å². The molecule has 0 saturated carbocycles. The van der Waals surface area contributed by atoms with Gasteiger partial charge < -0.3 is 4.74 Å². The number of carbonyl (C=O) groups excluding carboxylic acids is 2. The molecule has 19 heavy (non-hydrogen) atoms. The van der Waals surface area contributed by atoms with Crippen molar-refractivity contribution in [2.75, 3.05) is 0 Å². The van der Waals surface area contributed by atoms with Crippen LogP contribution in [0.25, 0.3) is 0 Å². The maximum Gasteiger partial charge on any atom is 0.374 e. The van der Waals surface area contributed by atoms with Crippen molar-refractivity contribution >= 4 is 11.8 Å². The fourth-order valence-electron chi connectivity index (χ4n) is 1.82. The monoisotopic (exact) mass is 262 g/mol. The number of esters is 1. The molecule has 1 rings (SSSR count). The summed E-state index contributed by atoms with van der Waals surface area (Å²) in [6, 6.07) is 10.3. The Morgan fingerprint density at radius 1 is 1.05 bits per heavy atom. The van der Waals surface area contributed by atoms with Gasteiger partial charge in [-0.1, -0.05) is 36.8 Å². The number of ketones is 1. The molecule has 0 atom stereocenters. The van der Waals surface area contributed by atoms with Crippen molar-refractivity contribution in [1.29, 1.82) is 0 Å². The Morgan fingerprint density at radius 2 is 1.74 bits per heavy atom. The maximum atomic E-state index is 11.4. The number of benzene rings is 1. The van der Waals surface area contributed by atoms with Gasteiger partial charge in [-0.15, -0.1) is 0 Å². The van der Waals surface area contributed by atoms with E-state index in [1.807, 2.05) is 18.2 Å². The summed E-state index contributed by atoms with van der Waals surface area (Å²) in [5, 5.41) is 0. The molecule has 0 spiro atoms. The lowest BCUT2D eigenvalue weighted by molar-refractivity contribution is -0.156. The quantitative estimate of drug-likeness (QED) is 0.410. The second kappa shape index (κ2) is 8.46. The maximum absolute atomic E-state index is 11.4. The van der Waals surface area contributed by atoms with Gasteiger partial charge in [0.25, 0.3) is 0 Å². The summed E-state index contributed by atoms with van der Waals surface area (Å²) in [4.78, 5) is 22.7. The predicted molar refractivity (Wildman–Crippen MR) is 74.8 cm³/mol. The molecule has 3 heteroatoms. The van der Waals surface area contributed by atoms with Gasteiger partial charge >= 0.3 is 5.97 Å². The van der Waals surface area contributed by atoms with Gasteiger partial charge in [-0.05, 0) is 38.7 Å². The van der Waals surface area contributed by atoms with Crippen molar-refractivity contribution in [2.24, 2.45) is 0 Å². The van der Waals surface area contributed by atoms with Crippen molar-refractivity contribution in [3.05, 3.63) is 35.9 Å². The first-order chi connectivity index (χ1) is 9.09. The van der Waals surface area contributed by atoms with E-state index in [1.165, 1.54) is 5.56 Å². The minimum Gasteiger partial charge on any atom is -0.457 e. The Hall–Kier alpha value is -1.64. The van der Waals surface area contributed by atoms with Crippen molar-refractivity contribution in [1.82, 2.24) is 0 Å². The van der Waals surface area contributed by atoms with Gasteiger partial charge in [0.1, 0.15) is 0 Å². The molecule has 1 aromatic carbocycles. The fraction of sp³-hybridized carbons (Fsp3) is 0.500. The molecule has 0 heterocycles. The Balaban J connectivity index is 2.11. The summed E-state index contributed by atoms with van der Waals surface area (Å²) in [6.07, 6.45) is 3.83. The molecule has 1 aromatic rings. The number of Topliss-reactive ketones (excluding diaryl/α,β-unsaturated/α-hetero) is 1. The van der Waals surface area contributed by atoms with Crippen LogP contribution < -0.4 is 0 Å². The van der Waals surface area contributed by atoms with E-state index in [-0.39, 0.29) is 6.10 Å². The summed E-state index contributed by atoms with van der Waals surface area (Å²) >= 11 is 0. The van der Waals surface area contributed by atoms with E-state index in [9.17, 15) is 9.59 Å². The molecule has 3 nitrogen and oxygen atoms in total. The molecule has 0 radical (unpaired) electrons. The fourth-order valence-corrected chi connectivity index (χ4v) is 1.82. The number of hydrogen-bond donors (Lipinski definition) is 0. The van der Waals surface area contributed by atoms with E-state index in [4.69, 9.17) is 4.74 Å². The van der Waals surface area contributed by atoms with Crippen LogP contribution in [-0.4, -0.2) is 17.9 Å². The third-order valence-electron chi connectivity index (χ3n) is 2.78.